The Bertz CT molecular complexity index is 161. The van der Waals surface area contributed by atoms with Gasteiger partial charge < -0.3 is 19.7 Å². The van der Waals surface area contributed by atoms with Crippen molar-refractivity contribution in [2.45, 2.75) is 25.7 Å². The Kier molecular flexibility index (Phi) is 9.61. The van der Waals surface area contributed by atoms with E-state index in [9.17, 15) is 0 Å². The van der Waals surface area contributed by atoms with Crippen LogP contribution in [0.1, 0.15) is 25.7 Å². The quantitative estimate of drug-likeness (QED) is 0.584. The maximum absolute atomic E-state index is 5.37. The van der Waals surface area contributed by atoms with Crippen LogP contribution in [0, 0.1) is 0 Å². The van der Waals surface area contributed by atoms with Gasteiger partial charge in [0.25, 0.3) is 0 Å². The van der Waals surface area contributed by atoms with Crippen LogP contribution in [0.25, 0.3) is 0 Å². The van der Waals surface area contributed by atoms with Crippen LogP contribution < -0.4 is 5.32 Å². The molecule has 0 atom stereocenters. The molecule has 102 valence electrons. The average Bonchev–Trinajstić information content (AvgIpc) is 2.38. The van der Waals surface area contributed by atoms with Crippen molar-refractivity contribution in [2.75, 3.05) is 59.7 Å². The van der Waals surface area contributed by atoms with Crippen LogP contribution in [0.2, 0.25) is 0 Å². The lowest BCUT2D eigenvalue weighted by molar-refractivity contribution is 0.0719. The van der Waals surface area contributed by atoms with Crippen molar-refractivity contribution in [2.24, 2.45) is 0 Å². The maximum Gasteiger partial charge on any atom is 0.0700 e. The molecule has 1 saturated heterocycles. The molecule has 1 heterocycles. The molecule has 1 aliphatic rings. The van der Waals surface area contributed by atoms with E-state index in [1.807, 2.05) is 0 Å². The first-order chi connectivity index (χ1) is 8.43. The normalized spacial score (nSPS) is 17.5. The molecular weight excluding hydrogens is 216 g/mol. The molecular formula is C13H28N2O2. The number of likely N-dealkylation sites (tertiary alicyclic amines) is 1. The van der Waals surface area contributed by atoms with Crippen molar-refractivity contribution in [3.63, 3.8) is 0 Å². The molecule has 0 bridgehead atoms. The summed E-state index contributed by atoms with van der Waals surface area (Å²) in [5, 5.41) is 3.41. The van der Waals surface area contributed by atoms with Crippen LogP contribution in [0.3, 0.4) is 0 Å². The molecule has 1 aliphatic heterocycles. The summed E-state index contributed by atoms with van der Waals surface area (Å²) < 4.78 is 10.3. The molecule has 0 aliphatic carbocycles. The second-order valence-electron chi connectivity index (χ2n) is 4.61. The minimum atomic E-state index is 0.689. The molecule has 0 aromatic carbocycles. The smallest absolute Gasteiger partial charge is 0.0700 e. The van der Waals surface area contributed by atoms with Gasteiger partial charge in [0.1, 0.15) is 0 Å². The van der Waals surface area contributed by atoms with Crippen molar-refractivity contribution in [3.8, 4) is 0 Å². The molecule has 0 spiro atoms. The lowest BCUT2D eigenvalue weighted by atomic mass is 10.1. The Balaban J connectivity index is 1.75. The highest BCUT2D eigenvalue weighted by atomic mass is 16.5. The topological polar surface area (TPSA) is 33.7 Å². The monoisotopic (exact) mass is 244 g/mol. The van der Waals surface area contributed by atoms with E-state index in [0.29, 0.717) is 13.2 Å². The van der Waals surface area contributed by atoms with Crippen molar-refractivity contribution in [1.82, 2.24) is 10.2 Å². The van der Waals surface area contributed by atoms with Gasteiger partial charge in [0.05, 0.1) is 19.8 Å². The van der Waals surface area contributed by atoms with E-state index in [4.69, 9.17) is 9.47 Å². The number of ether oxygens (including phenoxy) is 2. The fourth-order valence-corrected chi connectivity index (χ4v) is 2.12. The minimum Gasteiger partial charge on any atom is -0.382 e. The van der Waals surface area contributed by atoms with E-state index in [2.05, 4.69) is 10.2 Å². The highest BCUT2D eigenvalue weighted by Gasteiger charge is 2.08. The Hall–Kier alpha value is -0.160. The van der Waals surface area contributed by atoms with Gasteiger partial charge in [0.2, 0.25) is 0 Å². The number of nitrogens with zero attached hydrogens (tertiary/aromatic N) is 1. The second kappa shape index (κ2) is 11.0. The van der Waals surface area contributed by atoms with Gasteiger partial charge in [-0.25, -0.2) is 0 Å². The highest BCUT2D eigenvalue weighted by Crippen LogP contribution is 2.08. The summed E-state index contributed by atoms with van der Waals surface area (Å²) in [6.07, 6.45) is 5.45. The molecule has 0 unspecified atom stereocenters. The van der Waals surface area contributed by atoms with E-state index in [-0.39, 0.29) is 0 Å². The van der Waals surface area contributed by atoms with Crippen molar-refractivity contribution < 1.29 is 9.47 Å². The number of methoxy groups -OCH3 is 1. The van der Waals surface area contributed by atoms with E-state index in [0.717, 1.165) is 19.7 Å². The molecule has 1 fully saturated rings. The van der Waals surface area contributed by atoms with Gasteiger partial charge in [-0.15, -0.1) is 0 Å². The molecule has 0 radical (unpaired) electrons. The molecule has 0 aromatic rings. The van der Waals surface area contributed by atoms with Crippen LogP contribution in [-0.4, -0.2) is 64.6 Å². The first kappa shape index (κ1) is 14.9. The SMILES string of the molecule is COCCOCCNCCCN1CCCCC1. The third kappa shape index (κ3) is 8.55. The summed E-state index contributed by atoms with van der Waals surface area (Å²) in [7, 11) is 1.70. The molecule has 1 N–H and O–H groups in total. The first-order valence-electron chi connectivity index (χ1n) is 6.93. The number of piperidine rings is 1. The minimum absolute atomic E-state index is 0.689. The largest absolute Gasteiger partial charge is 0.382 e. The fourth-order valence-electron chi connectivity index (χ4n) is 2.12. The van der Waals surface area contributed by atoms with Crippen molar-refractivity contribution >= 4 is 0 Å². The Labute approximate surface area is 106 Å². The van der Waals surface area contributed by atoms with Crippen LogP contribution in [0.15, 0.2) is 0 Å². The third-order valence-corrected chi connectivity index (χ3v) is 3.13. The summed E-state index contributed by atoms with van der Waals surface area (Å²) in [6, 6.07) is 0. The van der Waals surface area contributed by atoms with Crippen LogP contribution in [-0.2, 0) is 9.47 Å². The Morgan fingerprint density at radius 2 is 1.82 bits per heavy atom. The zero-order chi connectivity index (χ0) is 12.2. The van der Waals surface area contributed by atoms with Gasteiger partial charge in [-0.2, -0.15) is 0 Å². The number of hydrogen-bond acceptors (Lipinski definition) is 4. The Morgan fingerprint density at radius 3 is 2.59 bits per heavy atom. The van der Waals surface area contributed by atoms with Crippen molar-refractivity contribution in [1.29, 1.82) is 0 Å². The van der Waals surface area contributed by atoms with Crippen LogP contribution >= 0.6 is 0 Å². The number of rotatable bonds is 10. The van der Waals surface area contributed by atoms with Crippen LogP contribution in [0.5, 0.6) is 0 Å². The van der Waals surface area contributed by atoms with E-state index in [1.165, 1.54) is 45.3 Å². The van der Waals surface area contributed by atoms with Crippen molar-refractivity contribution in [3.05, 3.63) is 0 Å². The van der Waals surface area contributed by atoms with Gasteiger partial charge >= 0.3 is 0 Å². The zero-order valence-corrected chi connectivity index (χ0v) is 11.2. The highest BCUT2D eigenvalue weighted by molar-refractivity contribution is 4.64. The summed E-state index contributed by atoms with van der Waals surface area (Å²) in [5.41, 5.74) is 0. The molecule has 1 rings (SSSR count). The molecule has 0 aromatic heterocycles. The second-order valence-corrected chi connectivity index (χ2v) is 4.61. The standard InChI is InChI=1S/C13H28N2O2/c1-16-12-13-17-11-7-14-6-5-10-15-8-3-2-4-9-15/h14H,2-13H2,1H3. The summed E-state index contributed by atoms with van der Waals surface area (Å²) in [5.74, 6) is 0. The predicted molar refractivity (Wildman–Crippen MR) is 70.5 cm³/mol. The number of hydrogen-bond donors (Lipinski definition) is 1. The molecule has 4 heteroatoms. The predicted octanol–water partition coefficient (Wildman–Crippen LogP) is 1.12. The van der Waals surface area contributed by atoms with Gasteiger partial charge in [-0.05, 0) is 45.4 Å². The zero-order valence-electron chi connectivity index (χ0n) is 11.2. The molecule has 4 nitrogen and oxygen atoms in total. The lowest BCUT2D eigenvalue weighted by Crippen LogP contribution is -2.32. The van der Waals surface area contributed by atoms with Crippen LogP contribution in [0.4, 0.5) is 0 Å². The Morgan fingerprint density at radius 1 is 1.00 bits per heavy atom. The van der Waals surface area contributed by atoms with E-state index >= 15 is 0 Å². The molecule has 0 amide bonds. The number of nitrogens with one attached hydrogen (secondary N) is 1. The summed E-state index contributed by atoms with van der Waals surface area (Å²) in [6.45, 7) is 8.08. The first-order valence-corrected chi connectivity index (χ1v) is 6.93. The summed E-state index contributed by atoms with van der Waals surface area (Å²) in [4.78, 5) is 2.58. The fraction of sp³-hybridized carbons (Fsp3) is 1.00. The third-order valence-electron chi connectivity index (χ3n) is 3.13. The maximum atomic E-state index is 5.37. The van der Waals surface area contributed by atoms with Gasteiger partial charge in [0.15, 0.2) is 0 Å². The molecule has 0 saturated carbocycles. The lowest BCUT2D eigenvalue weighted by Gasteiger charge is -2.26. The summed E-state index contributed by atoms with van der Waals surface area (Å²) >= 11 is 0. The average molecular weight is 244 g/mol. The van der Waals surface area contributed by atoms with E-state index < -0.39 is 0 Å². The van der Waals surface area contributed by atoms with Gasteiger partial charge in [0, 0.05) is 13.7 Å². The molecule has 17 heavy (non-hydrogen) atoms. The van der Waals surface area contributed by atoms with Gasteiger partial charge in [-0.3, -0.25) is 0 Å². The van der Waals surface area contributed by atoms with Gasteiger partial charge in [-0.1, -0.05) is 6.42 Å². The van der Waals surface area contributed by atoms with E-state index in [1.54, 1.807) is 7.11 Å².